The van der Waals surface area contributed by atoms with Crippen LogP contribution in [0.2, 0.25) is 0 Å². The van der Waals surface area contributed by atoms with Gasteiger partial charge in [-0.3, -0.25) is 0 Å². The number of aromatic nitrogens is 1. The number of methoxy groups -OCH3 is 1. The van der Waals surface area contributed by atoms with Gasteiger partial charge < -0.3 is 15.8 Å². The molecule has 4 nitrogen and oxygen atoms in total. The first-order valence-electron chi connectivity index (χ1n) is 6.77. The fourth-order valence-electron chi connectivity index (χ4n) is 2.31. The number of anilines is 2. The maximum Gasteiger partial charge on any atom is 0.134 e. The number of ether oxygens (including phenoxy) is 1. The first-order chi connectivity index (χ1) is 10.3. The van der Waals surface area contributed by atoms with Gasteiger partial charge in [-0.15, -0.1) is 0 Å². The van der Waals surface area contributed by atoms with E-state index in [9.17, 15) is 0 Å². The second-order valence-corrected chi connectivity index (χ2v) is 4.85. The number of nitrogen functional groups attached to an aromatic ring is 1. The van der Waals surface area contributed by atoms with E-state index in [4.69, 9.17) is 10.5 Å². The molecule has 0 spiro atoms. The molecular weight excluding hydrogens is 262 g/mol. The molecular formula is C17H17N3O. The largest absolute Gasteiger partial charge is 0.497 e. The molecule has 0 amide bonds. The van der Waals surface area contributed by atoms with Crippen LogP contribution in [0.3, 0.4) is 0 Å². The quantitative estimate of drug-likeness (QED) is 0.718. The SMILES string of the molecule is COc1ccc2c(NCc3cccc(N)c3)nccc2c1. The van der Waals surface area contributed by atoms with Crippen LogP contribution in [0, 0.1) is 0 Å². The van der Waals surface area contributed by atoms with Gasteiger partial charge >= 0.3 is 0 Å². The molecule has 0 saturated heterocycles. The average Bonchev–Trinajstić information content (AvgIpc) is 2.52. The predicted octanol–water partition coefficient (Wildman–Crippen LogP) is 3.44. The van der Waals surface area contributed by atoms with Crippen LogP contribution in [0.1, 0.15) is 5.56 Å². The molecule has 0 aliphatic rings. The van der Waals surface area contributed by atoms with Gasteiger partial charge in [-0.05, 0) is 47.3 Å². The molecule has 0 saturated carbocycles. The maximum atomic E-state index is 5.79. The Hall–Kier alpha value is -2.75. The predicted molar refractivity (Wildman–Crippen MR) is 86.5 cm³/mol. The monoisotopic (exact) mass is 279 g/mol. The summed E-state index contributed by atoms with van der Waals surface area (Å²) in [7, 11) is 1.67. The number of pyridine rings is 1. The molecule has 21 heavy (non-hydrogen) atoms. The minimum Gasteiger partial charge on any atom is -0.497 e. The molecule has 4 heteroatoms. The maximum absolute atomic E-state index is 5.79. The topological polar surface area (TPSA) is 60.2 Å². The van der Waals surface area contributed by atoms with Crippen LogP contribution in [0.4, 0.5) is 11.5 Å². The van der Waals surface area contributed by atoms with Crippen LogP contribution in [0.5, 0.6) is 5.75 Å². The molecule has 0 radical (unpaired) electrons. The highest BCUT2D eigenvalue weighted by atomic mass is 16.5. The fourth-order valence-corrected chi connectivity index (χ4v) is 2.31. The van der Waals surface area contributed by atoms with Gasteiger partial charge in [0, 0.05) is 23.8 Å². The molecule has 3 rings (SSSR count). The molecule has 0 bridgehead atoms. The third kappa shape index (κ3) is 2.89. The van der Waals surface area contributed by atoms with Crippen molar-refractivity contribution in [2.75, 3.05) is 18.2 Å². The zero-order chi connectivity index (χ0) is 14.7. The molecule has 2 aromatic carbocycles. The molecule has 0 unspecified atom stereocenters. The van der Waals surface area contributed by atoms with Gasteiger partial charge in [0.2, 0.25) is 0 Å². The van der Waals surface area contributed by atoms with E-state index in [2.05, 4.69) is 10.3 Å². The minimum absolute atomic E-state index is 0.684. The van der Waals surface area contributed by atoms with Crippen molar-refractivity contribution in [2.45, 2.75) is 6.54 Å². The second kappa shape index (κ2) is 5.71. The zero-order valence-electron chi connectivity index (χ0n) is 11.8. The van der Waals surface area contributed by atoms with Gasteiger partial charge in [0.15, 0.2) is 0 Å². The smallest absolute Gasteiger partial charge is 0.134 e. The van der Waals surface area contributed by atoms with Gasteiger partial charge in [0.1, 0.15) is 11.6 Å². The van der Waals surface area contributed by atoms with Crippen molar-refractivity contribution < 1.29 is 4.74 Å². The molecule has 3 aromatic rings. The lowest BCUT2D eigenvalue weighted by Crippen LogP contribution is -2.02. The lowest BCUT2D eigenvalue weighted by molar-refractivity contribution is 0.415. The summed E-state index contributed by atoms with van der Waals surface area (Å²) >= 11 is 0. The van der Waals surface area contributed by atoms with Gasteiger partial charge in [-0.25, -0.2) is 4.98 Å². The Morgan fingerprint density at radius 3 is 2.86 bits per heavy atom. The second-order valence-electron chi connectivity index (χ2n) is 4.85. The number of nitrogens with zero attached hydrogens (tertiary/aromatic N) is 1. The van der Waals surface area contributed by atoms with Crippen molar-refractivity contribution in [3.05, 3.63) is 60.3 Å². The Morgan fingerprint density at radius 2 is 2.05 bits per heavy atom. The van der Waals surface area contributed by atoms with E-state index >= 15 is 0 Å². The molecule has 0 aliphatic heterocycles. The summed E-state index contributed by atoms with van der Waals surface area (Å²) in [5.74, 6) is 1.70. The van der Waals surface area contributed by atoms with Crippen molar-refractivity contribution >= 4 is 22.3 Å². The summed E-state index contributed by atoms with van der Waals surface area (Å²) in [6.07, 6.45) is 1.80. The Bertz CT molecular complexity index is 771. The summed E-state index contributed by atoms with van der Waals surface area (Å²) in [5, 5.41) is 5.53. The van der Waals surface area contributed by atoms with Crippen LogP contribution in [0.15, 0.2) is 54.7 Å². The number of benzene rings is 2. The van der Waals surface area contributed by atoms with Crippen LogP contribution in [-0.4, -0.2) is 12.1 Å². The Balaban J connectivity index is 1.87. The Kier molecular flexibility index (Phi) is 3.60. The standard InChI is InChI=1S/C17H17N3O/c1-21-15-5-6-16-13(10-15)7-8-19-17(16)20-11-12-3-2-4-14(18)9-12/h2-10H,11,18H2,1H3,(H,19,20). The van der Waals surface area contributed by atoms with Gasteiger partial charge in [0.25, 0.3) is 0 Å². The van der Waals surface area contributed by atoms with E-state index in [0.717, 1.165) is 33.6 Å². The number of fused-ring (bicyclic) bond motifs is 1. The van der Waals surface area contributed by atoms with E-state index in [0.29, 0.717) is 6.54 Å². The molecule has 0 atom stereocenters. The lowest BCUT2D eigenvalue weighted by Gasteiger charge is -2.10. The van der Waals surface area contributed by atoms with Crippen LogP contribution in [-0.2, 0) is 6.54 Å². The number of hydrogen-bond acceptors (Lipinski definition) is 4. The van der Waals surface area contributed by atoms with Crippen LogP contribution in [0.25, 0.3) is 10.8 Å². The summed E-state index contributed by atoms with van der Waals surface area (Å²) in [6, 6.07) is 15.8. The number of rotatable bonds is 4. The highest BCUT2D eigenvalue weighted by Crippen LogP contribution is 2.25. The minimum atomic E-state index is 0.684. The summed E-state index contributed by atoms with van der Waals surface area (Å²) in [5.41, 5.74) is 7.69. The number of nitrogens with two attached hydrogens (primary N) is 1. The molecule has 1 heterocycles. The summed E-state index contributed by atoms with van der Waals surface area (Å²) in [4.78, 5) is 4.42. The molecule has 3 N–H and O–H groups in total. The van der Waals surface area contributed by atoms with Crippen molar-refractivity contribution in [1.82, 2.24) is 4.98 Å². The van der Waals surface area contributed by atoms with E-state index in [1.165, 1.54) is 0 Å². The first-order valence-corrected chi connectivity index (χ1v) is 6.77. The summed E-state index contributed by atoms with van der Waals surface area (Å²) in [6.45, 7) is 0.684. The van der Waals surface area contributed by atoms with E-state index in [1.807, 2.05) is 48.5 Å². The average molecular weight is 279 g/mol. The highest BCUT2D eigenvalue weighted by Gasteiger charge is 2.03. The normalized spacial score (nSPS) is 10.5. The van der Waals surface area contributed by atoms with Crippen molar-refractivity contribution in [1.29, 1.82) is 0 Å². The molecule has 1 aromatic heterocycles. The van der Waals surface area contributed by atoms with E-state index in [-0.39, 0.29) is 0 Å². The van der Waals surface area contributed by atoms with Crippen molar-refractivity contribution in [2.24, 2.45) is 0 Å². The Labute approximate surface area is 123 Å². The molecule has 0 aliphatic carbocycles. The van der Waals surface area contributed by atoms with Crippen LogP contribution >= 0.6 is 0 Å². The third-order valence-corrected chi connectivity index (χ3v) is 3.38. The van der Waals surface area contributed by atoms with Gasteiger partial charge in [-0.2, -0.15) is 0 Å². The van der Waals surface area contributed by atoms with Crippen molar-refractivity contribution in [3.63, 3.8) is 0 Å². The highest BCUT2D eigenvalue weighted by molar-refractivity contribution is 5.92. The number of nitrogens with one attached hydrogen (secondary N) is 1. The van der Waals surface area contributed by atoms with Gasteiger partial charge in [0.05, 0.1) is 7.11 Å². The first kappa shape index (κ1) is 13.2. The van der Waals surface area contributed by atoms with E-state index < -0.39 is 0 Å². The van der Waals surface area contributed by atoms with Crippen LogP contribution < -0.4 is 15.8 Å². The Morgan fingerprint density at radius 1 is 1.14 bits per heavy atom. The third-order valence-electron chi connectivity index (χ3n) is 3.38. The van der Waals surface area contributed by atoms with Crippen molar-refractivity contribution in [3.8, 4) is 5.75 Å². The lowest BCUT2D eigenvalue weighted by atomic mass is 10.1. The zero-order valence-corrected chi connectivity index (χ0v) is 11.8. The summed E-state index contributed by atoms with van der Waals surface area (Å²) < 4.78 is 5.25. The molecule has 0 fully saturated rings. The molecule has 106 valence electrons. The fraction of sp³-hybridized carbons (Fsp3) is 0.118. The van der Waals surface area contributed by atoms with Gasteiger partial charge in [-0.1, -0.05) is 12.1 Å². The van der Waals surface area contributed by atoms with E-state index in [1.54, 1.807) is 13.3 Å². The number of hydrogen-bond donors (Lipinski definition) is 2.